The first-order chi connectivity index (χ1) is 9.74. The molecule has 0 N–H and O–H groups in total. The molecule has 4 nitrogen and oxygen atoms in total. The van der Waals surface area contributed by atoms with Crippen LogP contribution in [0.5, 0.6) is 0 Å². The zero-order valence-corrected chi connectivity index (χ0v) is 10.7. The summed E-state index contributed by atoms with van der Waals surface area (Å²) in [5.41, 5.74) is 0.519. The molecule has 0 radical (unpaired) electrons. The molecule has 1 aromatic heterocycles. The monoisotopic (exact) mass is 269 g/mol. The highest BCUT2D eigenvalue weighted by molar-refractivity contribution is 6.06. The number of hydrogen-bond donors (Lipinski definition) is 0. The van der Waals surface area contributed by atoms with Crippen molar-refractivity contribution in [1.82, 2.24) is 4.98 Å². The Morgan fingerprint density at radius 1 is 1.25 bits per heavy atom. The van der Waals surface area contributed by atoms with Crippen LogP contribution in [0.2, 0.25) is 0 Å². The van der Waals surface area contributed by atoms with Crippen LogP contribution in [0.1, 0.15) is 16.8 Å². The average molecular weight is 269 g/mol. The van der Waals surface area contributed by atoms with Crippen molar-refractivity contribution in [2.45, 2.75) is 6.42 Å². The second-order valence-corrected chi connectivity index (χ2v) is 4.04. The van der Waals surface area contributed by atoms with Gasteiger partial charge in [-0.1, -0.05) is 18.2 Å². The number of rotatable bonds is 4. The van der Waals surface area contributed by atoms with E-state index in [1.54, 1.807) is 24.3 Å². The van der Waals surface area contributed by atoms with Gasteiger partial charge >= 0.3 is 0 Å². The summed E-state index contributed by atoms with van der Waals surface area (Å²) < 4.78 is 13.6. The third-order valence-corrected chi connectivity index (χ3v) is 2.75. The Kier molecular flexibility index (Phi) is 4.40. The Bertz CT molecular complexity index is 637. The minimum atomic E-state index is -0.810. The van der Waals surface area contributed by atoms with E-state index in [-0.39, 0.29) is 18.5 Å². The Morgan fingerprint density at radius 2 is 2.00 bits per heavy atom. The zero-order chi connectivity index (χ0) is 14.4. The standard InChI is InChI=1S/C15H12FN3O/c16-14-13(8-4-10-18-14)15(20)19(11-5-9-17)12-6-2-1-3-7-12/h1-4,6-8,10H,5,11H2. The molecule has 2 aromatic rings. The molecule has 0 aliphatic heterocycles. The highest BCUT2D eigenvalue weighted by Gasteiger charge is 2.20. The third kappa shape index (κ3) is 2.98. The number of carbonyl (C=O) groups is 1. The SMILES string of the molecule is N#CCCN(C(=O)c1cccnc1F)c1ccccc1. The van der Waals surface area contributed by atoms with Gasteiger partial charge in [-0.25, -0.2) is 4.98 Å². The van der Waals surface area contributed by atoms with E-state index in [0.29, 0.717) is 5.69 Å². The molecule has 0 aliphatic rings. The lowest BCUT2D eigenvalue weighted by Crippen LogP contribution is -2.32. The molecule has 0 unspecified atom stereocenters. The number of benzene rings is 1. The van der Waals surface area contributed by atoms with Crippen LogP contribution in [0.3, 0.4) is 0 Å². The number of para-hydroxylation sites is 1. The number of pyridine rings is 1. The van der Waals surface area contributed by atoms with E-state index in [0.717, 1.165) is 0 Å². The lowest BCUT2D eigenvalue weighted by Gasteiger charge is -2.21. The van der Waals surface area contributed by atoms with Crippen molar-refractivity contribution in [2.75, 3.05) is 11.4 Å². The van der Waals surface area contributed by atoms with E-state index in [1.807, 2.05) is 12.1 Å². The molecule has 0 saturated carbocycles. The van der Waals surface area contributed by atoms with Crippen LogP contribution in [0.15, 0.2) is 48.7 Å². The smallest absolute Gasteiger partial charge is 0.262 e. The van der Waals surface area contributed by atoms with Gasteiger partial charge in [0, 0.05) is 18.4 Å². The van der Waals surface area contributed by atoms with Crippen molar-refractivity contribution < 1.29 is 9.18 Å². The summed E-state index contributed by atoms with van der Waals surface area (Å²) in [4.78, 5) is 17.3. The molecule has 2 rings (SSSR count). The van der Waals surface area contributed by atoms with E-state index in [4.69, 9.17) is 5.26 Å². The van der Waals surface area contributed by atoms with E-state index >= 15 is 0 Å². The van der Waals surface area contributed by atoms with Crippen LogP contribution in [-0.2, 0) is 0 Å². The maximum Gasteiger partial charge on any atom is 0.262 e. The second kappa shape index (κ2) is 6.43. The number of aromatic nitrogens is 1. The Morgan fingerprint density at radius 3 is 2.65 bits per heavy atom. The topological polar surface area (TPSA) is 57.0 Å². The molecule has 100 valence electrons. The van der Waals surface area contributed by atoms with Crippen LogP contribution in [0.4, 0.5) is 10.1 Å². The fourth-order valence-electron chi connectivity index (χ4n) is 1.81. The highest BCUT2D eigenvalue weighted by atomic mass is 19.1. The van der Waals surface area contributed by atoms with E-state index in [1.165, 1.54) is 23.2 Å². The second-order valence-electron chi connectivity index (χ2n) is 4.04. The van der Waals surface area contributed by atoms with Gasteiger partial charge in [0.2, 0.25) is 5.95 Å². The molecular weight excluding hydrogens is 257 g/mol. The van der Waals surface area contributed by atoms with Gasteiger partial charge in [-0.2, -0.15) is 9.65 Å². The quantitative estimate of drug-likeness (QED) is 0.802. The average Bonchev–Trinajstić information content (AvgIpc) is 2.49. The van der Waals surface area contributed by atoms with Gasteiger partial charge in [-0.15, -0.1) is 0 Å². The van der Waals surface area contributed by atoms with Gasteiger partial charge in [0.15, 0.2) is 0 Å². The summed E-state index contributed by atoms with van der Waals surface area (Å²) in [5.74, 6) is -1.31. The molecule has 1 amide bonds. The van der Waals surface area contributed by atoms with Crippen LogP contribution < -0.4 is 4.90 Å². The van der Waals surface area contributed by atoms with Gasteiger partial charge in [-0.3, -0.25) is 4.79 Å². The van der Waals surface area contributed by atoms with Crippen molar-refractivity contribution in [1.29, 1.82) is 5.26 Å². The summed E-state index contributed by atoms with van der Waals surface area (Å²) in [6, 6.07) is 13.7. The van der Waals surface area contributed by atoms with E-state index < -0.39 is 11.9 Å². The van der Waals surface area contributed by atoms with Crippen molar-refractivity contribution in [3.8, 4) is 6.07 Å². The van der Waals surface area contributed by atoms with E-state index in [9.17, 15) is 9.18 Å². The summed E-state index contributed by atoms with van der Waals surface area (Å²) in [7, 11) is 0. The summed E-state index contributed by atoms with van der Waals surface area (Å²) >= 11 is 0. The number of nitrogens with zero attached hydrogens (tertiary/aromatic N) is 3. The normalized spacial score (nSPS) is 9.80. The number of carbonyl (C=O) groups excluding carboxylic acids is 1. The maximum atomic E-state index is 13.6. The fourth-order valence-corrected chi connectivity index (χ4v) is 1.81. The predicted octanol–water partition coefficient (Wildman–Crippen LogP) is 2.78. The largest absolute Gasteiger partial charge is 0.307 e. The van der Waals surface area contributed by atoms with Crippen molar-refractivity contribution >= 4 is 11.6 Å². The number of amides is 1. The first-order valence-corrected chi connectivity index (χ1v) is 6.08. The molecule has 0 bridgehead atoms. The van der Waals surface area contributed by atoms with Crippen LogP contribution in [0, 0.1) is 17.3 Å². The minimum Gasteiger partial charge on any atom is -0.307 e. The Hall–Kier alpha value is -2.74. The number of halogens is 1. The van der Waals surface area contributed by atoms with Crippen LogP contribution in [-0.4, -0.2) is 17.4 Å². The zero-order valence-electron chi connectivity index (χ0n) is 10.7. The van der Waals surface area contributed by atoms with Gasteiger partial charge in [0.1, 0.15) is 0 Å². The molecule has 5 heteroatoms. The predicted molar refractivity (Wildman–Crippen MR) is 72.5 cm³/mol. The third-order valence-electron chi connectivity index (χ3n) is 2.75. The van der Waals surface area contributed by atoms with Crippen LogP contribution >= 0.6 is 0 Å². The number of anilines is 1. The number of nitriles is 1. The fraction of sp³-hybridized carbons (Fsp3) is 0.133. The molecule has 1 aromatic carbocycles. The molecule has 0 saturated heterocycles. The van der Waals surface area contributed by atoms with Gasteiger partial charge in [0.05, 0.1) is 18.1 Å². The Labute approximate surface area is 116 Å². The lowest BCUT2D eigenvalue weighted by atomic mass is 10.2. The summed E-state index contributed by atoms with van der Waals surface area (Å²) in [5, 5.41) is 8.69. The molecule has 0 aliphatic carbocycles. The first-order valence-electron chi connectivity index (χ1n) is 6.08. The van der Waals surface area contributed by atoms with Crippen molar-refractivity contribution in [3.05, 3.63) is 60.2 Å². The van der Waals surface area contributed by atoms with Crippen molar-refractivity contribution in [3.63, 3.8) is 0 Å². The molecule has 0 atom stereocenters. The lowest BCUT2D eigenvalue weighted by molar-refractivity contribution is 0.0982. The van der Waals surface area contributed by atoms with Crippen molar-refractivity contribution in [2.24, 2.45) is 0 Å². The molecule has 0 spiro atoms. The van der Waals surface area contributed by atoms with Gasteiger partial charge in [-0.05, 0) is 24.3 Å². The first kappa shape index (κ1) is 13.7. The minimum absolute atomic E-state index is 0.103. The van der Waals surface area contributed by atoms with Crippen LogP contribution in [0.25, 0.3) is 0 Å². The molecule has 20 heavy (non-hydrogen) atoms. The molecule has 1 heterocycles. The van der Waals surface area contributed by atoms with Gasteiger partial charge in [0.25, 0.3) is 5.91 Å². The molecular formula is C15H12FN3O. The summed E-state index contributed by atoms with van der Waals surface area (Å²) in [6.45, 7) is 0.202. The van der Waals surface area contributed by atoms with Gasteiger partial charge < -0.3 is 4.90 Å². The maximum absolute atomic E-state index is 13.6. The number of hydrogen-bond acceptors (Lipinski definition) is 3. The van der Waals surface area contributed by atoms with E-state index in [2.05, 4.69) is 4.98 Å². The molecule has 0 fully saturated rings. The Balaban J connectivity index is 2.35. The summed E-state index contributed by atoms with van der Waals surface area (Å²) in [6.07, 6.45) is 1.46. The highest BCUT2D eigenvalue weighted by Crippen LogP contribution is 2.18.